The van der Waals surface area contributed by atoms with Crippen LogP contribution in [0.25, 0.3) is 0 Å². The molecule has 1 aliphatic rings. The molecule has 80 valence electrons. The Morgan fingerprint density at radius 1 is 1.47 bits per heavy atom. The number of fused-ring (bicyclic) bond motifs is 1. The van der Waals surface area contributed by atoms with Gasteiger partial charge in [-0.1, -0.05) is 12.1 Å². The lowest BCUT2D eigenvalue weighted by molar-refractivity contribution is 0.0599. The summed E-state index contributed by atoms with van der Waals surface area (Å²) in [7, 11) is 3.38. The second kappa shape index (κ2) is 4.03. The van der Waals surface area contributed by atoms with Gasteiger partial charge in [0.05, 0.1) is 12.7 Å². The van der Waals surface area contributed by atoms with E-state index < -0.39 is 0 Å². The molecule has 3 nitrogen and oxygen atoms in total. The van der Waals surface area contributed by atoms with Crippen LogP contribution >= 0.6 is 0 Å². The summed E-state index contributed by atoms with van der Waals surface area (Å²) in [5.41, 5.74) is 3.12. The Kier molecular flexibility index (Phi) is 2.73. The van der Waals surface area contributed by atoms with Gasteiger partial charge in [-0.05, 0) is 37.1 Å². The number of carbonyl (C=O) groups is 1. The van der Waals surface area contributed by atoms with Crippen molar-refractivity contribution >= 4 is 5.97 Å². The van der Waals surface area contributed by atoms with E-state index in [1.807, 2.05) is 19.2 Å². The largest absolute Gasteiger partial charge is 0.465 e. The lowest BCUT2D eigenvalue weighted by Gasteiger charge is -2.06. The van der Waals surface area contributed by atoms with E-state index in [1.54, 1.807) is 0 Å². The Labute approximate surface area is 89.4 Å². The molecule has 0 aromatic heterocycles. The van der Waals surface area contributed by atoms with Crippen LogP contribution in [0.1, 0.15) is 21.5 Å². The highest BCUT2D eigenvalue weighted by Crippen LogP contribution is 2.25. The lowest BCUT2D eigenvalue weighted by Crippen LogP contribution is -2.25. The molecule has 0 bridgehead atoms. The van der Waals surface area contributed by atoms with Gasteiger partial charge in [-0.2, -0.15) is 0 Å². The quantitative estimate of drug-likeness (QED) is 0.736. The molecule has 0 aliphatic heterocycles. The van der Waals surface area contributed by atoms with Crippen LogP contribution in [-0.2, 0) is 17.6 Å². The van der Waals surface area contributed by atoms with Crippen molar-refractivity contribution in [3.8, 4) is 0 Å². The van der Waals surface area contributed by atoms with E-state index in [9.17, 15) is 4.79 Å². The number of esters is 1. The fourth-order valence-corrected chi connectivity index (χ4v) is 2.16. The van der Waals surface area contributed by atoms with Gasteiger partial charge in [-0.25, -0.2) is 4.79 Å². The summed E-state index contributed by atoms with van der Waals surface area (Å²) in [6, 6.07) is 6.29. The van der Waals surface area contributed by atoms with Crippen LogP contribution in [0.3, 0.4) is 0 Å². The first kappa shape index (κ1) is 10.2. The summed E-state index contributed by atoms with van der Waals surface area (Å²) < 4.78 is 4.77. The average molecular weight is 205 g/mol. The molecule has 1 unspecified atom stereocenters. The van der Waals surface area contributed by atoms with Crippen molar-refractivity contribution < 1.29 is 9.53 Å². The molecule has 0 spiro atoms. The molecule has 1 N–H and O–H groups in total. The maximum absolute atomic E-state index is 11.5. The lowest BCUT2D eigenvalue weighted by atomic mass is 10.0. The Bertz CT molecular complexity index is 387. The number of hydrogen-bond donors (Lipinski definition) is 1. The van der Waals surface area contributed by atoms with Gasteiger partial charge in [-0.15, -0.1) is 0 Å². The molecule has 15 heavy (non-hydrogen) atoms. The molecule has 0 saturated carbocycles. The van der Waals surface area contributed by atoms with Gasteiger partial charge in [-0.3, -0.25) is 0 Å². The van der Waals surface area contributed by atoms with Gasteiger partial charge in [0.1, 0.15) is 0 Å². The van der Waals surface area contributed by atoms with E-state index in [0.29, 0.717) is 11.6 Å². The molecular formula is C12H15NO2. The smallest absolute Gasteiger partial charge is 0.338 e. The molecule has 2 rings (SSSR count). The standard InChI is InChI=1S/C12H15NO2/c1-13-9-6-8-4-3-5-10(11(8)7-9)12(14)15-2/h3-5,9,13H,6-7H2,1-2H3. The fraction of sp³-hybridized carbons (Fsp3) is 0.417. The molecule has 1 aromatic carbocycles. The van der Waals surface area contributed by atoms with Crippen LogP contribution in [0.2, 0.25) is 0 Å². The van der Waals surface area contributed by atoms with Crippen LogP contribution in [-0.4, -0.2) is 26.2 Å². The third kappa shape index (κ3) is 1.75. The predicted molar refractivity (Wildman–Crippen MR) is 58.0 cm³/mol. The summed E-state index contributed by atoms with van der Waals surface area (Å²) in [5.74, 6) is -0.233. The number of nitrogens with one attached hydrogen (secondary N) is 1. The highest BCUT2D eigenvalue weighted by atomic mass is 16.5. The van der Waals surface area contributed by atoms with E-state index in [2.05, 4.69) is 11.4 Å². The van der Waals surface area contributed by atoms with E-state index in [-0.39, 0.29) is 5.97 Å². The average Bonchev–Trinajstić information content (AvgIpc) is 2.70. The summed E-state index contributed by atoms with van der Waals surface area (Å²) >= 11 is 0. The van der Waals surface area contributed by atoms with Crippen molar-refractivity contribution in [2.45, 2.75) is 18.9 Å². The second-order valence-corrected chi connectivity index (χ2v) is 3.83. The minimum Gasteiger partial charge on any atom is -0.465 e. The van der Waals surface area contributed by atoms with Crippen LogP contribution in [0.5, 0.6) is 0 Å². The zero-order chi connectivity index (χ0) is 10.8. The van der Waals surface area contributed by atoms with Crippen molar-refractivity contribution in [2.75, 3.05) is 14.2 Å². The van der Waals surface area contributed by atoms with Crippen molar-refractivity contribution in [1.29, 1.82) is 0 Å². The second-order valence-electron chi connectivity index (χ2n) is 3.83. The van der Waals surface area contributed by atoms with Crippen molar-refractivity contribution in [1.82, 2.24) is 5.32 Å². The van der Waals surface area contributed by atoms with Crippen LogP contribution in [0.15, 0.2) is 18.2 Å². The Morgan fingerprint density at radius 2 is 2.27 bits per heavy atom. The number of rotatable bonds is 2. The summed E-state index contributed by atoms with van der Waals surface area (Å²) in [4.78, 5) is 11.5. The first-order valence-corrected chi connectivity index (χ1v) is 5.12. The third-order valence-corrected chi connectivity index (χ3v) is 3.00. The summed E-state index contributed by atoms with van der Waals surface area (Å²) in [5, 5.41) is 3.24. The van der Waals surface area contributed by atoms with Gasteiger partial charge in [0.25, 0.3) is 0 Å². The number of carbonyl (C=O) groups excluding carboxylic acids is 1. The fourth-order valence-electron chi connectivity index (χ4n) is 2.16. The Balaban J connectivity index is 2.37. The molecule has 1 aliphatic carbocycles. The molecule has 0 saturated heterocycles. The molecule has 0 heterocycles. The number of benzene rings is 1. The number of likely N-dealkylation sites (N-methyl/N-ethyl adjacent to an activating group) is 1. The van der Waals surface area contributed by atoms with Crippen LogP contribution in [0, 0.1) is 0 Å². The van der Waals surface area contributed by atoms with E-state index in [4.69, 9.17) is 4.74 Å². The highest BCUT2D eigenvalue weighted by molar-refractivity contribution is 5.91. The number of hydrogen-bond acceptors (Lipinski definition) is 3. The number of ether oxygens (including phenoxy) is 1. The summed E-state index contributed by atoms with van der Waals surface area (Å²) in [6.45, 7) is 0. The monoisotopic (exact) mass is 205 g/mol. The Hall–Kier alpha value is -1.35. The molecular weight excluding hydrogens is 190 g/mol. The number of methoxy groups -OCH3 is 1. The van der Waals surface area contributed by atoms with Crippen molar-refractivity contribution in [2.24, 2.45) is 0 Å². The predicted octanol–water partition coefficient (Wildman–Crippen LogP) is 1.16. The normalized spacial score (nSPS) is 18.7. The molecule has 0 amide bonds. The van der Waals surface area contributed by atoms with Crippen LogP contribution in [0.4, 0.5) is 0 Å². The van der Waals surface area contributed by atoms with E-state index in [0.717, 1.165) is 18.4 Å². The molecule has 1 atom stereocenters. The van der Waals surface area contributed by atoms with E-state index >= 15 is 0 Å². The van der Waals surface area contributed by atoms with Crippen LogP contribution < -0.4 is 5.32 Å². The molecule has 0 radical (unpaired) electrons. The van der Waals surface area contributed by atoms with Gasteiger partial charge in [0.2, 0.25) is 0 Å². The van der Waals surface area contributed by atoms with Gasteiger partial charge < -0.3 is 10.1 Å². The van der Waals surface area contributed by atoms with Crippen molar-refractivity contribution in [3.63, 3.8) is 0 Å². The van der Waals surface area contributed by atoms with Gasteiger partial charge in [0.15, 0.2) is 0 Å². The van der Waals surface area contributed by atoms with E-state index in [1.165, 1.54) is 12.7 Å². The zero-order valence-corrected chi connectivity index (χ0v) is 9.04. The summed E-state index contributed by atoms with van der Waals surface area (Å²) in [6.07, 6.45) is 1.91. The van der Waals surface area contributed by atoms with Gasteiger partial charge >= 0.3 is 5.97 Å². The topological polar surface area (TPSA) is 38.3 Å². The molecule has 1 aromatic rings. The molecule has 3 heteroatoms. The third-order valence-electron chi connectivity index (χ3n) is 3.00. The maximum atomic E-state index is 11.5. The highest BCUT2D eigenvalue weighted by Gasteiger charge is 2.24. The maximum Gasteiger partial charge on any atom is 0.338 e. The first-order chi connectivity index (χ1) is 7.26. The Morgan fingerprint density at radius 3 is 2.93 bits per heavy atom. The van der Waals surface area contributed by atoms with Gasteiger partial charge in [0, 0.05) is 6.04 Å². The minimum atomic E-state index is -0.233. The van der Waals surface area contributed by atoms with Crippen molar-refractivity contribution in [3.05, 3.63) is 34.9 Å². The molecule has 0 fully saturated rings. The minimum absolute atomic E-state index is 0.233. The zero-order valence-electron chi connectivity index (χ0n) is 9.04. The first-order valence-electron chi connectivity index (χ1n) is 5.12. The SMILES string of the molecule is CNC1Cc2cccc(C(=O)OC)c2C1.